The van der Waals surface area contributed by atoms with E-state index in [9.17, 15) is 4.79 Å². The van der Waals surface area contributed by atoms with Crippen LogP contribution in [0.25, 0.3) is 0 Å². The summed E-state index contributed by atoms with van der Waals surface area (Å²) in [5, 5.41) is 7.10. The maximum absolute atomic E-state index is 12.9. The topological polar surface area (TPSA) is 80.5 Å². The molecule has 1 N–H and O–H groups in total. The molecule has 0 radical (unpaired) electrons. The number of para-hydroxylation sites is 1. The van der Waals surface area contributed by atoms with Crippen molar-refractivity contribution in [3.05, 3.63) is 41.5 Å². The van der Waals surface area contributed by atoms with Crippen LogP contribution in [0.1, 0.15) is 55.4 Å². The molecule has 0 spiro atoms. The molecule has 4 rings (SSSR count). The van der Waals surface area contributed by atoms with Crippen LogP contribution in [-0.4, -0.2) is 35.9 Å². The fraction of sp³-hybridized carbons (Fsp3) is 0.526. The number of nitrogens with zero attached hydrogens (tertiary/aromatic N) is 3. The molecule has 1 aliphatic carbocycles. The van der Waals surface area contributed by atoms with Crippen molar-refractivity contribution in [3.63, 3.8) is 0 Å². The highest BCUT2D eigenvalue weighted by molar-refractivity contribution is 5.95. The lowest BCUT2D eigenvalue weighted by molar-refractivity contribution is 0.145. The third kappa shape index (κ3) is 3.44. The number of aromatic nitrogens is 2. The number of hydrogen-bond donors (Lipinski definition) is 1. The maximum atomic E-state index is 12.9. The zero-order chi connectivity index (χ0) is 17.9. The van der Waals surface area contributed by atoms with Gasteiger partial charge in [0.1, 0.15) is 6.04 Å². The van der Waals surface area contributed by atoms with Crippen LogP contribution in [0.15, 0.2) is 28.8 Å². The zero-order valence-electron chi connectivity index (χ0n) is 15.0. The van der Waals surface area contributed by atoms with E-state index in [1.54, 1.807) is 4.90 Å². The molecule has 7 nitrogen and oxygen atoms in total. The van der Waals surface area contributed by atoms with Crippen molar-refractivity contribution in [1.29, 1.82) is 0 Å². The van der Waals surface area contributed by atoms with Gasteiger partial charge in [-0.1, -0.05) is 23.4 Å². The van der Waals surface area contributed by atoms with Crippen LogP contribution in [0.4, 0.5) is 10.5 Å². The Kier molecular flexibility index (Phi) is 4.88. The predicted molar refractivity (Wildman–Crippen MR) is 96.1 cm³/mol. The molecule has 2 heterocycles. The lowest BCUT2D eigenvalue weighted by atomic mass is 10.1. The van der Waals surface area contributed by atoms with Crippen molar-refractivity contribution in [3.8, 4) is 0 Å². The van der Waals surface area contributed by atoms with E-state index in [0.717, 1.165) is 36.3 Å². The summed E-state index contributed by atoms with van der Waals surface area (Å²) in [6.45, 7) is 3.87. The second kappa shape index (κ2) is 7.45. The normalized spacial score (nSPS) is 18.8. The van der Waals surface area contributed by atoms with Gasteiger partial charge in [0.05, 0.1) is 0 Å². The van der Waals surface area contributed by atoms with Crippen LogP contribution in [0.2, 0.25) is 0 Å². The number of benzene rings is 1. The predicted octanol–water partition coefficient (Wildman–Crippen LogP) is 3.19. The van der Waals surface area contributed by atoms with Gasteiger partial charge >= 0.3 is 6.03 Å². The number of urea groups is 1. The summed E-state index contributed by atoms with van der Waals surface area (Å²) in [5.41, 5.74) is 2.03. The van der Waals surface area contributed by atoms with Crippen LogP contribution >= 0.6 is 0 Å². The van der Waals surface area contributed by atoms with Crippen LogP contribution in [0.3, 0.4) is 0 Å². The van der Waals surface area contributed by atoms with Crippen molar-refractivity contribution in [2.75, 3.05) is 24.7 Å². The van der Waals surface area contributed by atoms with Gasteiger partial charge in [0.25, 0.3) is 0 Å². The smallest absolute Gasteiger partial charge is 0.322 e. The summed E-state index contributed by atoms with van der Waals surface area (Å²) in [7, 11) is 0. The summed E-state index contributed by atoms with van der Waals surface area (Å²) in [6, 6.07) is 7.56. The average molecular weight is 356 g/mol. The van der Waals surface area contributed by atoms with Crippen LogP contribution in [-0.2, 0) is 11.2 Å². The second-order valence-electron chi connectivity index (χ2n) is 6.77. The number of carbonyl (C=O) groups excluding carboxylic acids is 1. The molecule has 138 valence electrons. The average Bonchev–Trinajstić information content (AvgIpc) is 3.26. The summed E-state index contributed by atoms with van der Waals surface area (Å²) in [5.74, 6) is 1.72. The summed E-state index contributed by atoms with van der Waals surface area (Å²) >= 11 is 0. The Labute approximate surface area is 152 Å². The number of fused-ring (bicyclic) bond motifs is 1. The molecular weight excluding hydrogens is 332 g/mol. The second-order valence-corrected chi connectivity index (χ2v) is 6.77. The molecule has 26 heavy (non-hydrogen) atoms. The number of rotatable bonds is 7. The van der Waals surface area contributed by atoms with Gasteiger partial charge in [-0.3, -0.25) is 4.90 Å². The van der Waals surface area contributed by atoms with Crippen LogP contribution < -0.4 is 10.2 Å². The number of amides is 2. The first-order valence-electron chi connectivity index (χ1n) is 9.34. The van der Waals surface area contributed by atoms with E-state index >= 15 is 0 Å². The maximum Gasteiger partial charge on any atom is 0.322 e. The van der Waals surface area contributed by atoms with Gasteiger partial charge in [-0.2, -0.15) is 4.98 Å². The molecule has 1 aliphatic heterocycles. The fourth-order valence-electron chi connectivity index (χ4n) is 3.32. The molecule has 1 unspecified atom stereocenters. The Morgan fingerprint density at radius 1 is 1.38 bits per heavy atom. The summed E-state index contributed by atoms with van der Waals surface area (Å²) in [6.07, 6.45) is 3.71. The minimum atomic E-state index is -0.251. The molecule has 1 aromatic heterocycles. The van der Waals surface area contributed by atoms with E-state index in [2.05, 4.69) is 15.5 Å². The van der Waals surface area contributed by atoms with Gasteiger partial charge in [-0.05, 0) is 37.8 Å². The third-order valence-corrected chi connectivity index (χ3v) is 4.83. The van der Waals surface area contributed by atoms with Crippen molar-refractivity contribution >= 4 is 11.7 Å². The molecule has 1 saturated carbocycles. The van der Waals surface area contributed by atoms with E-state index in [1.165, 1.54) is 0 Å². The van der Waals surface area contributed by atoms with Crippen LogP contribution in [0.5, 0.6) is 0 Å². The minimum absolute atomic E-state index is 0.136. The Hall–Kier alpha value is -2.41. The zero-order valence-corrected chi connectivity index (χ0v) is 15.0. The Morgan fingerprint density at radius 3 is 3.04 bits per heavy atom. The molecule has 2 aliphatic rings. The molecular formula is C19H24N4O3. The Balaban J connectivity index is 1.50. The molecule has 2 amide bonds. The molecule has 7 heteroatoms. The third-order valence-electron chi connectivity index (χ3n) is 4.83. The van der Waals surface area contributed by atoms with E-state index < -0.39 is 0 Å². The highest BCUT2D eigenvalue weighted by Crippen LogP contribution is 2.42. The molecule has 2 aromatic rings. The van der Waals surface area contributed by atoms with Crippen molar-refractivity contribution in [1.82, 2.24) is 15.5 Å². The number of ether oxygens (including phenoxy) is 1. The number of hydrogen-bond acceptors (Lipinski definition) is 5. The largest absolute Gasteiger partial charge is 0.382 e. The number of anilines is 1. The number of nitrogens with one attached hydrogen (secondary N) is 1. The van der Waals surface area contributed by atoms with E-state index in [4.69, 9.17) is 9.26 Å². The molecule has 0 bridgehead atoms. The monoisotopic (exact) mass is 356 g/mol. The van der Waals surface area contributed by atoms with Crippen molar-refractivity contribution in [2.24, 2.45) is 0 Å². The molecule has 1 atom stereocenters. The highest BCUT2D eigenvalue weighted by atomic mass is 16.5. The lowest BCUT2D eigenvalue weighted by Gasteiger charge is -2.23. The van der Waals surface area contributed by atoms with Crippen LogP contribution in [0, 0.1) is 0 Å². The molecule has 1 aromatic carbocycles. The molecule has 1 fully saturated rings. The van der Waals surface area contributed by atoms with Crippen molar-refractivity contribution in [2.45, 2.75) is 44.6 Å². The summed E-state index contributed by atoms with van der Waals surface area (Å²) < 4.78 is 10.8. The summed E-state index contributed by atoms with van der Waals surface area (Å²) in [4.78, 5) is 19.2. The number of carbonyl (C=O) groups is 1. The van der Waals surface area contributed by atoms with Gasteiger partial charge in [-0.15, -0.1) is 0 Å². The van der Waals surface area contributed by atoms with Gasteiger partial charge in [0.2, 0.25) is 5.89 Å². The standard InChI is InChI=1S/C19H24N4O3/c1-2-25-11-5-10-20-19(24)23-15-7-4-3-6-14(15)12-16(23)18-21-17(22-26-18)13-8-9-13/h3-4,6-7,13,16H,2,5,8-12H2,1H3,(H,20,24). The van der Waals surface area contributed by atoms with Crippen molar-refractivity contribution < 1.29 is 14.1 Å². The van der Waals surface area contributed by atoms with Gasteiger partial charge in [0.15, 0.2) is 5.82 Å². The quantitative estimate of drug-likeness (QED) is 0.771. The minimum Gasteiger partial charge on any atom is -0.382 e. The van der Waals surface area contributed by atoms with E-state index in [1.807, 2.05) is 31.2 Å². The Bertz CT molecular complexity index is 772. The molecule has 0 saturated heterocycles. The van der Waals surface area contributed by atoms with E-state index in [-0.39, 0.29) is 12.1 Å². The van der Waals surface area contributed by atoms with Gasteiger partial charge in [-0.25, -0.2) is 4.79 Å². The SMILES string of the molecule is CCOCCCNC(=O)N1c2ccccc2CC1c1nc(C2CC2)no1. The van der Waals surface area contributed by atoms with Gasteiger partial charge in [0, 0.05) is 37.8 Å². The first-order chi connectivity index (χ1) is 12.8. The first kappa shape index (κ1) is 17.0. The highest BCUT2D eigenvalue weighted by Gasteiger charge is 2.39. The lowest BCUT2D eigenvalue weighted by Crippen LogP contribution is -2.41. The Morgan fingerprint density at radius 2 is 2.23 bits per heavy atom. The first-order valence-corrected chi connectivity index (χ1v) is 9.34. The van der Waals surface area contributed by atoms with Gasteiger partial charge < -0.3 is 14.6 Å². The fourth-order valence-corrected chi connectivity index (χ4v) is 3.32. The van der Waals surface area contributed by atoms with E-state index in [0.29, 0.717) is 38.0 Å².